The zero-order valence-electron chi connectivity index (χ0n) is 9.22. The largest absolute Gasteiger partial charge is 0.357 e. The van der Waals surface area contributed by atoms with E-state index in [0.717, 1.165) is 13.1 Å². The number of rotatable bonds is 5. The molecule has 1 aromatic heterocycles. The molecule has 2 aromatic rings. The summed E-state index contributed by atoms with van der Waals surface area (Å²) >= 11 is 0. The molecule has 0 saturated carbocycles. The molecule has 0 spiro atoms. The first-order valence-corrected chi connectivity index (χ1v) is 5.67. The normalized spacial score (nSPS) is 11.0. The third-order valence-electron chi connectivity index (χ3n) is 2.61. The number of aromatic amines is 1. The highest BCUT2D eigenvalue weighted by Crippen LogP contribution is 2.14. The van der Waals surface area contributed by atoms with Crippen molar-refractivity contribution in [1.29, 1.82) is 0 Å². The second-order valence-corrected chi connectivity index (χ2v) is 3.91. The monoisotopic (exact) mass is 202 g/mol. The molecule has 2 rings (SSSR count). The third-order valence-corrected chi connectivity index (χ3v) is 2.61. The first-order chi connectivity index (χ1) is 7.40. The molecule has 80 valence electrons. The summed E-state index contributed by atoms with van der Waals surface area (Å²) in [5, 5.41) is 4.73. The Labute approximate surface area is 90.7 Å². The van der Waals surface area contributed by atoms with Crippen LogP contribution in [0.5, 0.6) is 0 Å². The second kappa shape index (κ2) is 4.99. The Balaban J connectivity index is 1.97. The quantitative estimate of drug-likeness (QED) is 0.716. The molecule has 0 fully saturated rings. The van der Waals surface area contributed by atoms with Gasteiger partial charge in [0.1, 0.15) is 0 Å². The van der Waals surface area contributed by atoms with E-state index in [-0.39, 0.29) is 0 Å². The average molecular weight is 202 g/mol. The van der Waals surface area contributed by atoms with Crippen LogP contribution in [0.4, 0.5) is 0 Å². The number of H-pyrrole nitrogens is 1. The maximum atomic E-state index is 3.43. The maximum absolute atomic E-state index is 3.43. The Kier molecular flexibility index (Phi) is 3.41. The van der Waals surface area contributed by atoms with E-state index in [1.807, 2.05) is 0 Å². The molecule has 0 bridgehead atoms. The van der Waals surface area contributed by atoms with Crippen LogP contribution in [0.15, 0.2) is 30.3 Å². The zero-order chi connectivity index (χ0) is 10.5. The highest BCUT2D eigenvalue weighted by atomic mass is 14.9. The number of nitrogens with one attached hydrogen (secondary N) is 2. The van der Waals surface area contributed by atoms with Crippen molar-refractivity contribution >= 4 is 10.9 Å². The fourth-order valence-electron chi connectivity index (χ4n) is 1.75. The van der Waals surface area contributed by atoms with Gasteiger partial charge in [0.2, 0.25) is 0 Å². The molecule has 2 N–H and O–H groups in total. The lowest BCUT2D eigenvalue weighted by atomic mass is 10.2. The van der Waals surface area contributed by atoms with E-state index < -0.39 is 0 Å². The fraction of sp³-hybridized carbons (Fsp3) is 0.385. The summed E-state index contributed by atoms with van der Waals surface area (Å²) in [6, 6.07) is 10.6. The molecule has 0 aliphatic carbocycles. The third kappa shape index (κ3) is 2.60. The van der Waals surface area contributed by atoms with Gasteiger partial charge in [-0.1, -0.05) is 31.5 Å². The Morgan fingerprint density at radius 2 is 2.13 bits per heavy atom. The lowest BCUT2D eigenvalue weighted by Crippen LogP contribution is -2.14. The smallest absolute Gasteiger partial charge is 0.0456 e. The van der Waals surface area contributed by atoms with Crippen molar-refractivity contribution in [1.82, 2.24) is 10.3 Å². The SMILES string of the molecule is CCCCNCc1cc2ccccc2[nH]1. The summed E-state index contributed by atoms with van der Waals surface area (Å²) in [5.74, 6) is 0. The molecule has 2 heteroatoms. The highest BCUT2D eigenvalue weighted by molar-refractivity contribution is 5.80. The minimum atomic E-state index is 0.939. The molecular formula is C13H18N2. The molecule has 1 heterocycles. The summed E-state index contributed by atoms with van der Waals surface area (Å²) in [6.07, 6.45) is 2.50. The van der Waals surface area contributed by atoms with Crippen molar-refractivity contribution < 1.29 is 0 Å². The van der Waals surface area contributed by atoms with E-state index in [9.17, 15) is 0 Å². The van der Waals surface area contributed by atoms with Gasteiger partial charge in [-0.15, -0.1) is 0 Å². The molecule has 0 aliphatic rings. The molecule has 15 heavy (non-hydrogen) atoms. The first-order valence-electron chi connectivity index (χ1n) is 5.67. The number of unbranched alkanes of at least 4 members (excludes halogenated alkanes) is 1. The topological polar surface area (TPSA) is 27.8 Å². The van der Waals surface area contributed by atoms with E-state index >= 15 is 0 Å². The number of benzene rings is 1. The number of fused-ring (bicyclic) bond motifs is 1. The summed E-state index contributed by atoms with van der Waals surface area (Å²) in [7, 11) is 0. The van der Waals surface area contributed by atoms with Crippen molar-refractivity contribution in [2.24, 2.45) is 0 Å². The lowest BCUT2D eigenvalue weighted by Gasteiger charge is -2.00. The van der Waals surface area contributed by atoms with Crippen LogP contribution in [0.2, 0.25) is 0 Å². The number of para-hydroxylation sites is 1. The van der Waals surface area contributed by atoms with E-state index in [4.69, 9.17) is 0 Å². The summed E-state index contributed by atoms with van der Waals surface area (Å²) < 4.78 is 0. The van der Waals surface area contributed by atoms with Crippen LogP contribution in [0, 0.1) is 0 Å². The maximum Gasteiger partial charge on any atom is 0.0456 e. The Morgan fingerprint density at radius 3 is 2.93 bits per heavy atom. The molecule has 0 unspecified atom stereocenters. The van der Waals surface area contributed by atoms with E-state index in [1.165, 1.54) is 29.4 Å². The van der Waals surface area contributed by atoms with E-state index in [1.54, 1.807) is 0 Å². The molecule has 0 saturated heterocycles. The number of hydrogen-bond acceptors (Lipinski definition) is 1. The Bertz CT molecular complexity index is 384. The van der Waals surface area contributed by atoms with Crippen LogP contribution in [0.25, 0.3) is 10.9 Å². The van der Waals surface area contributed by atoms with Gasteiger partial charge in [0.15, 0.2) is 0 Å². The minimum Gasteiger partial charge on any atom is -0.357 e. The molecule has 0 amide bonds. The average Bonchev–Trinajstić information content (AvgIpc) is 2.67. The van der Waals surface area contributed by atoms with Crippen LogP contribution in [0.3, 0.4) is 0 Å². The standard InChI is InChI=1S/C13H18N2/c1-2-3-8-14-10-12-9-11-6-4-5-7-13(11)15-12/h4-7,9,14-15H,2-3,8,10H2,1H3. The van der Waals surface area contributed by atoms with Crippen molar-refractivity contribution in [3.63, 3.8) is 0 Å². The van der Waals surface area contributed by atoms with Gasteiger partial charge in [-0.25, -0.2) is 0 Å². The predicted molar refractivity (Wildman–Crippen MR) is 64.9 cm³/mol. The fourth-order valence-corrected chi connectivity index (χ4v) is 1.75. The van der Waals surface area contributed by atoms with Gasteiger partial charge in [0.25, 0.3) is 0 Å². The zero-order valence-corrected chi connectivity index (χ0v) is 9.22. The molecule has 1 aromatic carbocycles. The van der Waals surface area contributed by atoms with Gasteiger partial charge in [-0.2, -0.15) is 0 Å². The van der Waals surface area contributed by atoms with Gasteiger partial charge in [-0.05, 0) is 30.5 Å². The highest BCUT2D eigenvalue weighted by Gasteiger charge is 1.98. The van der Waals surface area contributed by atoms with Gasteiger partial charge >= 0.3 is 0 Å². The summed E-state index contributed by atoms with van der Waals surface area (Å²) in [6.45, 7) is 4.26. The van der Waals surface area contributed by atoms with E-state index in [0.29, 0.717) is 0 Å². The van der Waals surface area contributed by atoms with Crippen molar-refractivity contribution in [3.8, 4) is 0 Å². The van der Waals surface area contributed by atoms with Crippen molar-refractivity contribution in [2.75, 3.05) is 6.54 Å². The Hall–Kier alpha value is -1.28. The van der Waals surface area contributed by atoms with E-state index in [2.05, 4.69) is 47.6 Å². The lowest BCUT2D eigenvalue weighted by molar-refractivity contribution is 0.635. The van der Waals surface area contributed by atoms with Gasteiger partial charge in [0.05, 0.1) is 0 Å². The number of aromatic nitrogens is 1. The minimum absolute atomic E-state index is 0.939. The van der Waals surface area contributed by atoms with Gasteiger partial charge in [0, 0.05) is 17.8 Å². The van der Waals surface area contributed by atoms with Crippen LogP contribution in [0.1, 0.15) is 25.5 Å². The predicted octanol–water partition coefficient (Wildman–Crippen LogP) is 3.06. The number of hydrogen-bond donors (Lipinski definition) is 2. The van der Waals surface area contributed by atoms with Crippen LogP contribution in [-0.2, 0) is 6.54 Å². The molecule has 2 nitrogen and oxygen atoms in total. The van der Waals surface area contributed by atoms with Crippen LogP contribution < -0.4 is 5.32 Å². The van der Waals surface area contributed by atoms with Crippen molar-refractivity contribution in [3.05, 3.63) is 36.0 Å². The molecule has 0 radical (unpaired) electrons. The van der Waals surface area contributed by atoms with Crippen LogP contribution in [-0.4, -0.2) is 11.5 Å². The van der Waals surface area contributed by atoms with Crippen molar-refractivity contribution in [2.45, 2.75) is 26.3 Å². The van der Waals surface area contributed by atoms with Crippen LogP contribution >= 0.6 is 0 Å². The second-order valence-electron chi connectivity index (χ2n) is 3.91. The molecule has 0 atom stereocenters. The first kappa shape index (κ1) is 10.2. The molecular weight excluding hydrogens is 184 g/mol. The Morgan fingerprint density at radius 1 is 1.27 bits per heavy atom. The summed E-state index contributed by atoms with van der Waals surface area (Å²) in [4.78, 5) is 3.41. The van der Waals surface area contributed by atoms with Gasteiger partial charge < -0.3 is 10.3 Å². The summed E-state index contributed by atoms with van der Waals surface area (Å²) in [5.41, 5.74) is 2.50. The molecule has 0 aliphatic heterocycles. The van der Waals surface area contributed by atoms with Gasteiger partial charge in [-0.3, -0.25) is 0 Å².